The summed E-state index contributed by atoms with van der Waals surface area (Å²) in [5.41, 5.74) is 1.97. The molecule has 2 aromatic rings. The maximum atomic E-state index is 13.6. The standard InChI is InChI=1S/C26H36N2O5S/c1-19-9-12-34-23(19)16-28(15-20-7-8-21-22(13-20)33-18-32-21)25(30)17-27(10-6-11-31-5)24(29)14-26(2,3)4/h7-9,12-13H,6,10-11,14-18H2,1-5H3. The van der Waals surface area contributed by atoms with Crippen molar-refractivity contribution in [3.8, 4) is 11.5 Å². The molecule has 7 nitrogen and oxygen atoms in total. The fraction of sp³-hybridized carbons (Fsp3) is 0.538. The number of methoxy groups -OCH3 is 1. The van der Waals surface area contributed by atoms with E-state index in [-0.39, 0.29) is 30.6 Å². The van der Waals surface area contributed by atoms with Crippen molar-refractivity contribution >= 4 is 23.2 Å². The SMILES string of the molecule is COCCCN(CC(=O)N(Cc1ccc2c(c1)OCO2)Cc1sccc1C)C(=O)CC(C)(C)C. The topological polar surface area (TPSA) is 68.3 Å². The Morgan fingerprint density at radius 2 is 1.82 bits per heavy atom. The second-order valence-corrected chi connectivity index (χ2v) is 10.9. The van der Waals surface area contributed by atoms with Crippen molar-refractivity contribution in [3.05, 3.63) is 45.6 Å². The van der Waals surface area contributed by atoms with Crippen LogP contribution in [0.5, 0.6) is 11.5 Å². The van der Waals surface area contributed by atoms with Gasteiger partial charge in [-0.15, -0.1) is 11.3 Å². The van der Waals surface area contributed by atoms with Gasteiger partial charge in [-0.1, -0.05) is 26.8 Å². The molecule has 0 atom stereocenters. The fourth-order valence-electron chi connectivity index (χ4n) is 3.75. The third kappa shape index (κ3) is 7.46. The molecule has 2 heterocycles. The summed E-state index contributed by atoms with van der Waals surface area (Å²) in [7, 11) is 1.64. The molecule has 0 N–H and O–H groups in total. The minimum absolute atomic E-state index is 0.00714. The van der Waals surface area contributed by atoms with Crippen molar-refractivity contribution in [3.63, 3.8) is 0 Å². The number of rotatable bonds is 11. The minimum atomic E-state index is -0.153. The van der Waals surface area contributed by atoms with Gasteiger partial charge in [-0.2, -0.15) is 0 Å². The number of ether oxygens (including phenoxy) is 3. The number of thiophene rings is 1. The summed E-state index contributed by atoms with van der Waals surface area (Å²) in [6.45, 7) is 10.4. The van der Waals surface area contributed by atoms with Crippen LogP contribution in [0.25, 0.3) is 0 Å². The number of benzene rings is 1. The Balaban J connectivity index is 1.78. The third-order valence-corrected chi connectivity index (χ3v) is 6.61. The molecule has 2 amide bonds. The molecule has 1 aliphatic heterocycles. The summed E-state index contributed by atoms with van der Waals surface area (Å²) in [6, 6.07) is 7.81. The Morgan fingerprint density at radius 1 is 1.06 bits per heavy atom. The van der Waals surface area contributed by atoms with Crippen molar-refractivity contribution in [2.75, 3.05) is 33.6 Å². The van der Waals surface area contributed by atoms with E-state index in [0.29, 0.717) is 50.6 Å². The molecule has 0 bridgehead atoms. The zero-order chi connectivity index (χ0) is 24.7. The van der Waals surface area contributed by atoms with Gasteiger partial charge in [-0.3, -0.25) is 9.59 Å². The van der Waals surface area contributed by atoms with Crippen LogP contribution in [0.4, 0.5) is 0 Å². The molecule has 186 valence electrons. The molecule has 1 aromatic carbocycles. The lowest BCUT2D eigenvalue weighted by Gasteiger charge is -2.30. The molecule has 0 fully saturated rings. The predicted molar refractivity (Wildman–Crippen MR) is 133 cm³/mol. The van der Waals surface area contributed by atoms with Gasteiger partial charge < -0.3 is 24.0 Å². The smallest absolute Gasteiger partial charge is 0.242 e. The molecular weight excluding hydrogens is 452 g/mol. The first-order valence-corrected chi connectivity index (χ1v) is 12.5. The van der Waals surface area contributed by atoms with E-state index >= 15 is 0 Å². The lowest BCUT2D eigenvalue weighted by Crippen LogP contribution is -2.44. The van der Waals surface area contributed by atoms with Crippen LogP contribution in [0.3, 0.4) is 0 Å². The number of hydrogen-bond donors (Lipinski definition) is 0. The monoisotopic (exact) mass is 488 g/mol. The highest BCUT2D eigenvalue weighted by Gasteiger charge is 2.26. The Labute approximate surface area is 206 Å². The van der Waals surface area contributed by atoms with Gasteiger partial charge in [-0.05, 0) is 53.5 Å². The third-order valence-electron chi connectivity index (χ3n) is 5.60. The average molecular weight is 489 g/mol. The van der Waals surface area contributed by atoms with Gasteiger partial charge in [0.05, 0.1) is 13.1 Å². The second kappa shape index (κ2) is 11.7. The number of nitrogens with zero attached hydrogens (tertiary/aromatic N) is 2. The van der Waals surface area contributed by atoms with Crippen LogP contribution in [0.1, 0.15) is 49.6 Å². The number of carbonyl (C=O) groups is 2. The molecule has 3 rings (SSSR count). The Kier molecular flexibility index (Phi) is 8.97. The first-order chi connectivity index (χ1) is 16.2. The lowest BCUT2D eigenvalue weighted by molar-refractivity contribution is -0.142. The summed E-state index contributed by atoms with van der Waals surface area (Å²) in [5.74, 6) is 1.32. The normalized spacial score (nSPS) is 12.6. The Bertz CT molecular complexity index is 982. The van der Waals surface area contributed by atoms with Crippen LogP contribution in [-0.2, 0) is 27.4 Å². The van der Waals surface area contributed by atoms with Crippen LogP contribution in [0.2, 0.25) is 0 Å². The van der Waals surface area contributed by atoms with Crippen molar-refractivity contribution < 1.29 is 23.8 Å². The van der Waals surface area contributed by atoms with Gasteiger partial charge in [0.1, 0.15) is 0 Å². The highest BCUT2D eigenvalue weighted by molar-refractivity contribution is 7.10. The van der Waals surface area contributed by atoms with E-state index in [9.17, 15) is 9.59 Å². The first-order valence-electron chi connectivity index (χ1n) is 11.6. The zero-order valence-corrected chi connectivity index (χ0v) is 21.7. The summed E-state index contributed by atoms with van der Waals surface area (Å²) in [5, 5.41) is 2.04. The second-order valence-electron chi connectivity index (χ2n) is 9.86. The van der Waals surface area contributed by atoms with Crippen LogP contribution >= 0.6 is 11.3 Å². The molecule has 8 heteroatoms. The highest BCUT2D eigenvalue weighted by Crippen LogP contribution is 2.33. The van der Waals surface area contributed by atoms with Gasteiger partial charge in [0, 0.05) is 38.1 Å². The van der Waals surface area contributed by atoms with Crippen molar-refractivity contribution in [2.45, 2.75) is 53.6 Å². The molecule has 0 saturated heterocycles. The molecule has 34 heavy (non-hydrogen) atoms. The summed E-state index contributed by atoms with van der Waals surface area (Å²) >= 11 is 1.64. The molecular formula is C26H36N2O5S. The van der Waals surface area contributed by atoms with E-state index < -0.39 is 0 Å². The fourth-order valence-corrected chi connectivity index (χ4v) is 4.67. The molecule has 0 unspecified atom stereocenters. The predicted octanol–water partition coefficient (Wildman–Crippen LogP) is 4.62. The van der Waals surface area contributed by atoms with Crippen LogP contribution in [0.15, 0.2) is 29.6 Å². The highest BCUT2D eigenvalue weighted by atomic mass is 32.1. The number of amides is 2. The zero-order valence-electron chi connectivity index (χ0n) is 20.9. The van der Waals surface area contributed by atoms with Gasteiger partial charge in [0.2, 0.25) is 18.6 Å². The molecule has 0 aliphatic carbocycles. The quantitative estimate of drug-likeness (QED) is 0.432. The molecule has 1 aromatic heterocycles. The van der Waals surface area contributed by atoms with Crippen LogP contribution in [0, 0.1) is 12.3 Å². The van der Waals surface area contributed by atoms with E-state index in [1.54, 1.807) is 23.3 Å². The molecule has 0 spiro atoms. The van der Waals surface area contributed by atoms with Crippen LogP contribution in [-0.4, -0.2) is 55.2 Å². The van der Waals surface area contributed by atoms with E-state index in [2.05, 4.69) is 13.0 Å². The van der Waals surface area contributed by atoms with Crippen molar-refractivity contribution in [1.29, 1.82) is 0 Å². The number of aryl methyl sites for hydroxylation is 1. The summed E-state index contributed by atoms with van der Waals surface area (Å²) < 4.78 is 16.1. The van der Waals surface area contributed by atoms with Crippen molar-refractivity contribution in [2.24, 2.45) is 5.41 Å². The Morgan fingerprint density at radius 3 is 2.50 bits per heavy atom. The largest absolute Gasteiger partial charge is 0.454 e. The Hall–Kier alpha value is -2.58. The lowest BCUT2D eigenvalue weighted by atomic mass is 9.91. The van der Waals surface area contributed by atoms with Gasteiger partial charge in [0.25, 0.3) is 0 Å². The van der Waals surface area contributed by atoms with Crippen LogP contribution < -0.4 is 9.47 Å². The summed E-state index contributed by atoms with van der Waals surface area (Å²) in [6.07, 6.45) is 1.07. The average Bonchev–Trinajstić information content (AvgIpc) is 3.39. The molecule has 0 saturated carbocycles. The minimum Gasteiger partial charge on any atom is -0.454 e. The number of fused-ring (bicyclic) bond motifs is 1. The van der Waals surface area contributed by atoms with E-state index in [4.69, 9.17) is 14.2 Å². The van der Waals surface area contributed by atoms with Gasteiger partial charge in [-0.25, -0.2) is 0 Å². The van der Waals surface area contributed by atoms with Gasteiger partial charge in [0.15, 0.2) is 11.5 Å². The van der Waals surface area contributed by atoms with Crippen molar-refractivity contribution in [1.82, 2.24) is 9.80 Å². The van der Waals surface area contributed by atoms with Gasteiger partial charge >= 0.3 is 0 Å². The molecule has 0 radical (unpaired) electrons. The molecule has 1 aliphatic rings. The number of hydrogen-bond acceptors (Lipinski definition) is 6. The van der Waals surface area contributed by atoms with E-state index in [0.717, 1.165) is 16.0 Å². The number of carbonyl (C=O) groups excluding carboxylic acids is 2. The summed E-state index contributed by atoms with van der Waals surface area (Å²) in [4.78, 5) is 31.3. The van der Waals surface area contributed by atoms with E-state index in [1.807, 2.05) is 49.3 Å². The van der Waals surface area contributed by atoms with E-state index in [1.165, 1.54) is 0 Å². The maximum absolute atomic E-state index is 13.6. The maximum Gasteiger partial charge on any atom is 0.242 e. The first kappa shape index (κ1) is 26.0.